The minimum absolute atomic E-state index is 0.122. The Kier molecular flexibility index (Phi) is 2.87. The van der Waals surface area contributed by atoms with E-state index in [0.717, 1.165) is 0 Å². The molecule has 1 aliphatic heterocycles. The molecule has 104 valence electrons. The highest BCUT2D eigenvalue weighted by Gasteiger charge is 2.50. The van der Waals surface area contributed by atoms with E-state index in [-0.39, 0.29) is 18.4 Å². The second-order valence-corrected chi connectivity index (χ2v) is 5.91. The van der Waals surface area contributed by atoms with Crippen LogP contribution in [-0.2, 0) is 23.2 Å². The van der Waals surface area contributed by atoms with Crippen molar-refractivity contribution in [2.75, 3.05) is 0 Å². The van der Waals surface area contributed by atoms with Gasteiger partial charge < -0.3 is 10.2 Å². The zero-order chi connectivity index (χ0) is 14.4. The fourth-order valence-corrected chi connectivity index (χ4v) is 2.10. The van der Waals surface area contributed by atoms with E-state index in [2.05, 4.69) is 15.6 Å². The van der Waals surface area contributed by atoms with Crippen molar-refractivity contribution in [2.24, 2.45) is 7.05 Å². The summed E-state index contributed by atoms with van der Waals surface area (Å²) in [6, 6.07) is 0. The molecule has 1 N–H and O–H groups in total. The molecule has 7 nitrogen and oxygen atoms in total. The molecule has 1 fully saturated rings. The van der Waals surface area contributed by atoms with Gasteiger partial charge in [-0.3, -0.25) is 14.3 Å². The highest BCUT2D eigenvalue weighted by molar-refractivity contribution is 6.01. The molecule has 2 heterocycles. The third-order valence-corrected chi connectivity index (χ3v) is 3.41. The van der Waals surface area contributed by atoms with Gasteiger partial charge in [0.2, 0.25) is 11.8 Å². The molecule has 0 saturated carbocycles. The Morgan fingerprint density at radius 3 is 2.42 bits per heavy atom. The summed E-state index contributed by atoms with van der Waals surface area (Å²) in [5.41, 5.74) is -1.13. The van der Waals surface area contributed by atoms with Crippen molar-refractivity contribution in [3.8, 4) is 0 Å². The predicted molar refractivity (Wildman–Crippen MR) is 67.9 cm³/mol. The minimum Gasteiger partial charge on any atom is -0.340 e. The maximum atomic E-state index is 12.5. The van der Waals surface area contributed by atoms with E-state index >= 15 is 0 Å². The number of amides is 2. The van der Waals surface area contributed by atoms with Crippen LogP contribution in [0.3, 0.4) is 0 Å². The summed E-state index contributed by atoms with van der Waals surface area (Å²) >= 11 is 0. The number of hydrogen-bond acceptors (Lipinski definition) is 4. The number of rotatable bonds is 2. The molecule has 1 aromatic rings. The Morgan fingerprint density at radius 1 is 1.26 bits per heavy atom. The number of carbonyl (C=O) groups excluding carboxylic acids is 2. The topological polar surface area (TPSA) is 80.1 Å². The summed E-state index contributed by atoms with van der Waals surface area (Å²) in [6.07, 6.45) is 1.74. The molecule has 0 aliphatic carbocycles. The van der Waals surface area contributed by atoms with Crippen LogP contribution in [0.4, 0.5) is 0 Å². The number of nitrogens with zero attached hydrogens (tertiary/aromatic N) is 4. The van der Waals surface area contributed by atoms with Gasteiger partial charge in [-0.05, 0) is 27.7 Å². The molecule has 1 aliphatic rings. The lowest BCUT2D eigenvalue weighted by Gasteiger charge is -2.47. The van der Waals surface area contributed by atoms with Gasteiger partial charge in [-0.15, -0.1) is 5.10 Å². The van der Waals surface area contributed by atoms with Gasteiger partial charge in [0.05, 0.1) is 6.54 Å². The van der Waals surface area contributed by atoms with Crippen LogP contribution < -0.4 is 5.32 Å². The van der Waals surface area contributed by atoms with Crippen LogP contribution >= 0.6 is 0 Å². The van der Waals surface area contributed by atoms with Gasteiger partial charge in [-0.2, -0.15) is 0 Å². The number of aromatic nitrogens is 3. The minimum atomic E-state index is -0.899. The average molecular weight is 265 g/mol. The molecule has 2 amide bonds. The third kappa shape index (κ3) is 2.20. The number of hydrogen-bond donors (Lipinski definition) is 1. The van der Waals surface area contributed by atoms with E-state index in [1.165, 1.54) is 0 Å². The van der Waals surface area contributed by atoms with Gasteiger partial charge in [-0.25, -0.2) is 0 Å². The fourth-order valence-electron chi connectivity index (χ4n) is 2.10. The molecule has 19 heavy (non-hydrogen) atoms. The van der Waals surface area contributed by atoms with Gasteiger partial charge in [0.15, 0.2) is 0 Å². The fraction of sp³-hybridized carbons (Fsp3) is 0.667. The van der Waals surface area contributed by atoms with E-state index in [1.54, 1.807) is 50.5 Å². The van der Waals surface area contributed by atoms with Gasteiger partial charge in [0.25, 0.3) is 0 Å². The summed E-state index contributed by atoms with van der Waals surface area (Å²) < 4.78 is 1.57. The lowest BCUT2D eigenvalue weighted by molar-refractivity contribution is -0.160. The summed E-state index contributed by atoms with van der Waals surface area (Å²) in [5, 5.41) is 10.6. The second kappa shape index (κ2) is 4.04. The average Bonchev–Trinajstić information content (AvgIpc) is 2.68. The van der Waals surface area contributed by atoms with Crippen molar-refractivity contribution in [1.29, 1.82) is 0 Å². The van der Waals surface area contributed by atoms with Crippen LogP contribution in [0, 0.1) is 0 Å². The van der Waals surface area contributed by atoms with Crippen molar-refractivity contribution in [3.05, 3.63) is 11.9 Å². The third-order valence-electron chi connectivity index (χ3n) is 3.41. The van der Waals surface area contributed by atoms with Crippen molar-refractivity contribution < 1.29 is 9.59 Å². The summed E-state index contributed by atoms with van der Waals surface area (Å²) in [4.78, 5) is 26.2. The van der Waals surface area contributed by atoms with Crippen LogP contribution in [0.25, 0.3) is 0 Å². The molecular weight excluding hydrogens is 246 g/mol. The predicted octanol–water partition coefficient (Wildman–Crippen LogP) is -0.169. The Balaban J connectivity index is 2.33. The van der Waals surface area contributed by atoms with Gasteiger partial charge >= 0.3 is 0 Å². The first-order valence-corrected chi connectivity index (χ1v) is 6.14. The Hall–Kier alpha value is -1.92. The van der Waals surface area contributed by atoms with Crippen LogP contribution in [0.1, 0.15) is 33.4 Å². The first-order valence-electron chi connectivity index (χ1n) is 6.14. The zero-order valence-corrected chi connectivity index (χ0v) is 11.9. The number of piperazine rings is 1. The first kappa shape index (κ1) is 13.5. The maximum absolute atomic E-state index is 12.5. The van der Waals surface area contributed by atoms with Crippen LogP contribution in [0.15, 0.2) is 6.20 Å². The molecule has 0 radical (unpaired) electrons. The zero-order valence-electron chi connectivity index (χ0n) is 11.9. The molecule has 0 spiro atoms. The lowest BCUT2D eigenvalue weighted by atomic mass is 9.89. The van der Waals surface area contributed by atoms with Crippen LogP contribution in [0.2, 0.25) is 0 Å². The second-order valence-electron chi connectivity index (χ2n) is 5.91. The highest BCUT2D eigenvalue weighted by Crippen LogP contribution is 2.27. The molecule has 1 aromatic heterocycles. The monoisotopic (exact) mass is 265 g/mol. The van der Waals surface area contributed by atoms with Gasteiger partial charge in [0, 0.05) is 13.2 Å². The van der Waals surface area contributed by atoms with E-state index in [9.17, 15) is 9.59 Å². The van der Waals surface area contributed by atoms with Crippen LogP contribution in [0.5, 0.6) is 0 Å². The number of nitrogens with one attached hydrogen (secondary N) is 1. The van der Waals surface area contributed by atoms with Crippen molar-refractivity contribution in [1.82, 2.24) is 25.2 Å². The highest BCUT2D eigenvalue weighted by atomic mass is 16.2. The van der Waals surface area contributed by atoms with Gasteiger partial charge in [0.1, 0.15) is 16.8 Å². The summed E-state index contributed by atoms with van der Waals surface area (Å²) in [6.45, 7) is 7.13. The molecule has 1 saturated heterocycles. The maximum Gasteiger partial charge on any atom is 0.248 e. The molecule has 0 atom stereocenters. The molecule has 0 unspecified atom stereocenters. The van der Waals surface area contributed by atoms with Crippen molar-refractivity contribution >= 4 is 11.8 Å². The molecule has 7 heteroatoms. The Morgan fingerprint density at radius 2 is 1.89 bits per heavy atom. The van der Waals surface area contributed by atoms with Crippen molar-refractivity contribution in [3.63, 3.8) is 0 Å². The number of aryl methyl sites for hydroxylation is 1. The van der Waals surface area contributed by atoms with Crippen LogP contribution in [-0.4, -0.2) is 42.8 Å². The molecule has 0 aromatic carbocycles. The standard InChI is InChI=1S/C12H19N5O2/c1-11(2)10(19)17(12(3,4)9(18)13-11)7-8-6-16(5)15-14-8/h6H,7H2,1-5H3,(H,13,18). The van der Waals surface area contributed by atoms with E-state index < -0.39 is 11.1 Å². The molecular formula is C12H19N5O2. The van der Waals surface area contributed by atoms with E-state index in [4.69, 9.17) is 0 Å². The summed E-state index contributed by atoms with van der Waals surface area (Å²) in [7, 11) is 1.76. The Bertz CT molecular complexity index is 532. The Labute approximate surface area is 112 Å². The molecule has 2 rings (SSSR count). The van der Waals surface area contributed by atoms with E-state index in [0.29, 0.717) is 5.69 Å². The summed E-state index contributed by atoms with van der Waals surface area (Å²) in [5.74, 6) is -0.288. The smallest absolute Gasteiger partial charge is 0.248 e. The first-order chi connectivity index (χ1) is 8.64. The quantitative estimate of drug-likeness (QED) is 0.805. The van der Waals surface area contributed by atoms with Crippen molar-refractivity contribution in [2.45, 2.75) is 45.3 Å². The number of carbonyl (C=O) groups is 2. The lowest BCUT2D eigenvalue weighted by Crippen LogP contribution is -2.71. The SMILES string of the molecule is Cn1cc(CN2C(=O)C(C)(C)NC(=O)C2(C)C)nn1. The normalized spacial score (nSPS) is 21.4. The van der Waals surface area contributed by atoms with E-state index in [1.807, 2.05) is 0 Å². The van der Waals surface area contributed by atoms with Gasteiger partial charge in [-0.1, -0.05) is 5.21 Å². The molecule has 0 bridgehead atoms. The largest absolute Gasteiger partial charge is 0.340 e.